The third-order valence-electron chi connectivity index (χ3n) is 7.20. The number of ether oxygens (including phenoxy) is 2. The predicted molar refractivity (Wildman–Crippen MR) is 144 cm³/mol. The average Bonchev–Trinajstić information content (AvgIpc) is 3.27. The minimum Gasteiger partial charge on any atom is -0.496 e. The van der Waals surface area contributed by atoms with Gasteiger partial charge in [0.2, 0.25) is 0 Å². The van der Waals surface area contributed by atoms with Gasteiger partial charge in [-0.1, -0.05) is 54.1 Å². The number of hydrogen-bond acceptors (Lipinski definition) is 4. The van der Waals surface area contributed by atoms with Crippen LogP contribution in [0.25, 0.3) is 27.8 Å². The van der Waals surface area contributed by atoms with Gasteiger partial charge in [0.15, 0.2) is 6.10 Å². The van der Waals surface area contributed by atoms with Gasteiger partial charge in [-0.05, 0) is 43.2 Å². The number of methoxy groups -OCH3 is 1. The molecule has 1 atom stereocenters. The van der Waals surface area contributed by atoms with E-state index >= 15 is 0 Å². The Morgan fingerprint density at radius 2 is 1.57 bits per heavy atom. The average molecular weight is 494 g/mol. The number of benzene rings is 3. The number of hydrogen-bond donors (Lipinski definition) is 0. The molecule has 5 aromatic rings. The zero-order valence-corrected chi connectivity index (χ0v) is 21.4. The van der Waals surface area contributed by atoms with E-state index in [-0.39, 0.29) is 5.56 Å². The van der Waals surface area contributed by atoms with E-state index in [0.29, 0.717) is 28.1 Å². The molecule has 0 N–H and O–H groups in total. The fraction of sp³-hybridized carbons (Fsp3) is 0.200. The Bertz CT molecular complexity index is 1820. The Balaban J connectivity index is 1.87. The minimum atomic E-state index is -0.620. The number of nitrogens with zero attached hydrogens (tertiary/aromatic N) is 3. The second-order valence-corrected chi connectivity index (χ2v) is 9.58. The van der Waals surface area contributed by atoms with Gasteiger partial charge in [-0.25, -0.2) is 4.79 Å². The molecular weight excluding hydrogens is 466 g/mol. The van der Waals surface area contributed by atoms with Gasteiger partial charge in [-0.2, -0.15) is 0 Å². The van der Waals surface area contributed by atoms with Gasteiger partial charge >= 0.3 is 5.69 Å². The van der Waals surface area contributed by atoms with E-state index in [1.807, 2.05) is 74.5 Å². The molecule has 3 heterocycles. The van der Waals surface area contributed by atoms with Crippen molar-refractivity contribution in [3.05, 3.63) is 110 Å². The monoisotopic (exact) mass is 493 g/mol. The normalized spacial score (nSPS) is 14.2. The van der Waals surface area contributed by atoms with Crippen molar-refractivity contribution in [1.82, 2.24) is 13.7 Å². The number of aromatic nitrogens is 3. The molecule has 6 rings (SSSR count). The van der Waals surface area contributed by atoms with E-state index < -0.39 is 11.8 Å². The Labute approximate surface area is 213 Å². The lowest BCUT2D eigenvalue weighted by atomic mass is 10.0. The van der Waals surface area contributed by atoms with Gasteiger partial charge in [-0.15, -0.1) is 0 Å². The van der Waals surface area contributed by atoms with Gasteiger partial charge in [0.05, 0.1) is 35.1 Å². The molecule has 7 heteroatoms. The molecule has 0 bridgehead atoms. The maximum Gasteiger partial charge on any atom is 0.331 e. The molecule has 1 aliphatic rings. The number of fused-ring (bicyclic) bond motifs is 5. The van der Waals surface area contributed by atoms with Crippen LogP contribution in [0.5, 0.6) is 11.5 Å². The highest BCUT2D eigenvalue weighted by atomic mass is 16.5. The first-order chi connectivity index (χ1) is 17.8. The molecule has 3 aromatic carbocycles. The van der Waals surface area contributed by atoms with Crippen molar-refractivity contribution in [2.45, 2.75) is 20.0 Å². The Morgan fingerprint density at radius 1 is 0.865 bits per heavy atom. The molecular formula is C30H27N3O4. The molecule has 0 amide bonds. The first kappa shape index (κ1) is 22.9. The van der Waals surface area contributed by atoms with Gasteiger partial charge in [0.25, 0.3) is 5.56 Å². The van der Waals surface area contributed by atoms with E-state index in [1.54, 1.807) is 18.7 Å². The molecule has 186 valence electrons. The molecule has 1 unspecified atom stereocenters. The molecule has 2 aromatic heterocycles. The molecule has 0 radical (unpaired) electrons. The van der Waals surface area contributed by atoms with Crippen molar-refractivity contribution in [2.24, 2.45) is 14.1 Å². The van der Waals surface area contributed by atoms with Crippen LogP contribution in [-0.2, 0) is 14.1 Å². The lowest BCUT2D eigenvalue weighted by Gasteiger charge is -2.31. The van der Waals surface area contributed by atoms with E-state index in [0.717, 1.165) is 33.6 Å². The zero-order valence-electron chi connectivity index (χ0n) is 21.4. The van der Waals surface area contributed by atoms with Crippen LogP contribution in [-0.4, -0.2) is 20.8 Å². The lowest BCUT2D eigenvalue weighted by molar-refractivity contribution is 0.223. The highest BCUT2D eigenvalue weighted by Crippen LogP contribution is 2.48. The molecule has 0 spiro atoms. The van der Waals surface area contributed by atoms with Crippen molar-refractivity contribution in [1.29, 1.82) is 0 Å². The van der Waals surface area contributed by atoms with E-state index in [1.165, 1.54) is 11.6 Å². The molecule has 0 aliphatic carbocycles. The fourth-order valence-electron chi connectivity index (χ4n) is 5.35. The summed E-state index contributed by atoms with van der Waals surface area (Å²) in [6.45, 7) is 4.05. The summed E-state index contributed by atoms with van der Waals surface area (Å²) < 4.78 is 17.2. The largest absolute Gasteiger partial charge is 0.496 e. The van der Waals surface area contributed by atoms with Crippen molar-refractivity contribution in [3.63, 3.8) is 0 Å². The van der Waals surface area contributed by atoms with Gasteiger partial charge in [0, 0.05) is 19.7 Å². The standard InChI is InChI=1S/C30H27N3O4/c1-17-10-13-19(14-11-17)25-24-26(31(3)30(35)32(4)29(24)34)27-28(20-8-6-7-9-22(20)36-5)37-23-15-12-18(2)16-21(23)33(25)27/h6-16,28H,1-5H3. The van der Waals surface area contributed by atoms with Crippen LogP contribution >= 0.6 is 0 Å². The number of para-hydroxylation sites is 1. The van der Waals surface area contributed by atoms with Crippen LogP contribution in [0.15, 0.2) is 76.3 Å². The first-order valence-electron chi connectivity index (χ1n) is 12.1. The first-order valence-corrected chi connectivity index (χ1v) is 12.1. The van der Waals surface area contributed by atoms with Crippen LogP contribution in [0.1, 0.15) is 28.5 Å². The summed E-state index contributed by atoms with van der Waals surface area (Å²) in [4.78, 5) is 27.0. The molecule has 0 saturated carbocycles. The fourth-order valence-corrected chi connectivity index (χ4v) is 5.35. The van der Waals surface area contributed by atoms with Crippen molar-refractivity contribution >= 4 is 10.9 Å². The van der Waals surface area contributed by atoms with Crippen molar-refractivity contribution < 1.29 is 9.47 Å². The van der Waals surface area contributed by atoms with E-state index in [2.05, 4.69) is 10.6 Å². The third-order valence-corrected chi connectivity index (χ3v) is 7.20. The second kappa shape index (κ2) is 8.27. The SMILES string of the molecule is COc1ccccc1C1Oc2ccc(C)cc2-n2c(-c3ccc(C)cc3)c3c(=O)n(C)c(=O)n(C)c3c21. The second-order valence-electron chi connectivity index (χ2n) is 9.58. The van der Waals surface area contributed by atoms with Crippen LogP contribution in [0.3, 0.4) is 0 Å². The summed E-state index contributed by atoms with van der Waals surface area (Å²) >= 11 is 0. The van der Waals surface area contributed by atoms with Crippen LogP contribution in [0, 0.1) is 13.8 Å². The van der Waals surface area contributed by atoms with Crippen molar-refractivity contribution in [3.8, 4) is 28.4 Å². The number of aryl methyl sites for hydroxylation is 3. The third kappa shape index (κ3) is 3.27. The van der Waals surface area contributed by atoms with Crippen LogP contribution in [0.2, 0.25) is 0 Å². The summed E-state index contributed by atoms with van der Waals surface area (Å²) in [5, 5.41) is 0.473. The van der Waals surface area contributed by atoms with Gasteiger partial charge in [0.1, 0.15) is 11.5 Å². The molecule has 0 saturated heterocycles. The summed E-state index contributed by atoms with van der Waals surface area (Å²) in [6.07, 6.45) is -0.620. The van der Waals surface area contributed by atoms with Crippen LogP contribution < -0.4 is 20.7 Å². The lowest BCUT2D eigenvalue weighted by Crippen LogP contribution is -2.37. The highest BCUT2D eigenvalue weighted by molar-refractivity contribution is 5.98. The number of rotatable bonds is 3. The zero-order chi connectivity index (χ0) is 26.0. The summed E-state index contributed by atoms with van der Waals surface area (Å²) in [6, 6.07) is 21.8. The Morgan fingerprint density at radius 3 is 2.30 bits per heavy atom. The quantitative estimate of drug-likeness (QED) is 0.362. The summed E-state index contributed by atoms with van der Waals surface area (Å²) in [7, 11) is 4.85. The van der Waals surface area contributed by atoms with Gasteiger partial charge < -0.3 is 14.0 Å². The Kier molecular flexibility index (Phi) is 5.12. The maximum absolute atomic E-state index is 13.8. The Hall–Kier alpha value is -4.52. The molecule has 0 fully saturated rings. The molecule has 7 nitrogen and oxygen atoms in total. The smallest absolute Gasteiger partial charge is 0.331 e. The van der Waals surface area contributed by atoms with E-state index in [9.17, 15) is 9.59 Å². The van der Waals surface area contributed by atoms with Crippen LogP contribution in [0.4, 0.5) is 0 Å². The minimum absolute atomic E-state index is 0.344. The summed E-state index contributed by atoms with van der Waals surface area (Å²) in [5.41, 5.74) is 5.93. The topological polar surface area (TPSA) is 67.4 Å². The summed E-state index contributed by atoms with van der Waals surface area (Å²) in [5.74, 6) is 1.35. The van der Waals surface area contributed by atoms with Gasteiger partial charge in [-0.3, -0.25) is 13.9 Å². The van der Waals surface area contributed by atoms with E-state index in [4.69, 9.17) is 9.47 Å². The predicted octanol–water partition coefficient (Wildman–Crippen LogP) is 4.80. The van der Waals surface area contributed by atoms with Crippen molar-refractivity contribution in [2.75, 3.05) is 7.11 Å². The maximum atomic E-state index is 13.8. The highest BCUT2D eigenvalue weighted by Gasteiger charge is 2.37. The molecule has 37 heavy (non-hydrogen) atoms. The molecule has 1 aliphatic heterocycles.